The van der Waals surface area contributed by atoms with Gasteiger partial charge < -0.3 is 4.74 Å². The van der Waals surface area contributed by atoms with Crippen LogP contribution in [0.25, 0.3) is 33.4 Å². The number of esters is 1. The Labute approximate surface area is 238 Å². The summed E-state index contributed by atoms with van der Waals surface area (Å²) in [5.41, 5.74) is 7.20. The van der Waals surface area contributed by atoms with Gasteiger partial charge in [-0.15, -0.1) is 0 Å². The van der Waals surface area contributed by atoms with Gasteiger partial charge in [-0.2, -0.15) is 13.2 Å². The van der Waals surface area contributed by atoms with Crippen LogP contribution in [-0.2, 0) is 26.8 Å². The molecule has 0 fully saturated rings. The van der Waals surface area contributed by atoms with Gasteiger partial charge in [-0.1, -0.05) is 87.2 Å². The second kappa shape index (κ2) is 9.20. The van der Waals surface area contributed by atoms with E-state index in [9.17, 15) is 18.0 Å². The summed E-state index contributed by atoms with van der Waals surface area (Å²) in [5.74, 6) is -0.391. The molecule has 0 spiro atoms. The fraction of sp³-hybridized carbons (Fsp3) is 0.250. The van der Waals surface area contributed by atoms with Gasteiger partial charge in [0.25, 0.3) is 0 Å². The molecule has 1 atom stereocenters. The molecule has 0 saturated heterocycles. The molecule has 2 aliphatic rings. The maximum atomic E-state index is 14.6. The molecule has 4 aromatic carbocycles. The van der Waals surface area contributed by atoms with E-state index in [1.165, 1.54) is 12.5 Å². The number of carbonyl (C=O) groups is 1. The molecule has 6 rings (SSSR count). The number of ether oxygens (including phenoxy) is 1. The van der Waals surface area contributed by atoms with Crippen LogP contribution < -0.4 is 0 Å². The van der Waals surface area contributed by atoms with E-state index >= 15 is 0 Å². The predicted octanol–water partition coefficient (Wildman–Crippen LogP) is 9.17. The quantitative estimate of drug-likeness (QED) is 0.182. The van der Waals surface area contributed by atoms with Crippen LogP contribution in [0.15, 0.2) is 91.0 Å². The highest BCUT2D eigenvalue weighted by Gasteiger charge is 2.58. The van der Waals surface area contributed by atoms with Crippen molar-refractivity contribution in [3.63, 3.8) is 0 Å². The van der Waals surface area contributed by atoms with Crippen LogP contribution in [0, 0.1) is 0 Å². The van der Waals surface area contributed by atoms with Crippen molar-refractivity contribution >= 4 is 5.97 Å². The summed E-state index contributed by atoms with van der Waals surface area (Å²) in [6, 6.07) is 24.9. The first kappa shape index (κ1) is 27.1. The Bertz CT molecular complexity index is 1740. The Balaban J connectivity index is 1.36. The molecule has 41 heavy (non-hydrogen) atoms. The van der Waals surface area contributed by atoms with Crippen molar-refractivity contribution in [2.24, 2.45) is 0 Å². The highest BCUT2D eigenvalue weighted by molar-refractivity contribution is 5.88. The van der Waals surface area contributed by atoms with E-state index in [2.05, 4.69) is 50.8 Å². The number of hydrogen-bond donors (Lipinski definition) is 0. The van der Waals surface area contributed by atoms with Crippen LogP contribution >= 0.6 is 0 Å². The third kappa shape index (κ3) is 4.05. The largest absolute Gasteiger partial charge is 0.462 e. The van der Waals surface area contributed by atoms with E-state index < -0.39 is 17.6 Å². The first-order chi connectivity index (χ1) is 19.3. The summed E-state index contributed by atoms with van der Waals surface area (Å²) >= 11 is 0. The second-order valence-corrected chi connectivity index (χ2v) is 11.9. The monoisotopic (exact) mass is 552 g/mol. The molecule has 2 aliphatic carbocycles. The lowest BCUT2D eigenvalue weighted by atomic mass is 9.78. The van der Waals surface area contributed by atoms with E-state index in [0.717, 1.165) is 33.4 Å². The van der Waals surface area contributed by atoms with Gasteiger partial charge in [0.15, 0.2) is 0 Å². The second-order valence-electron chi connectivity index (χ2n) is 11.9. The van der Waals surface area contributed by atoms with Gasteiger partial charge in [-0.05, 0) is 87.2 Å². The molecule has 5 heteroatoms. The Hall–Kier alpha value is -4.12. The number of alkyl halides is 3. The molecular weight excluding hydrogens is 521 g/mol. The molecule has 0 aromatic heterocycles. The molecule has 2 nitrogen and oxygen atoms in total. The minimum atomic E-state index is -4.44. The van der Waals surface area contributed by atoms with E-state index in [1.54, 1.807) is 37.3 Å². The van der Waals surface area contributed by atoms with E-state index in [-0.39, 0.29) is 12.0 Å². The van der Waals surface area contributed by atoms with Crippen molar-refractivity contribution in [3.8, 4) is 33.4 Å². The SMILES string of the molecule is C=C(C)C(=O)OCCc1ccc2c(c1)C(C)(C)c1cc(-c3ccc4c(c3)C(C)(C(F)(F)F)c3ccccc3-4)ccc1-2. The topological polar surface area (TPSA) is 26.3 Å². The summed E-state index contributed by atoms with van der Waals surface area (Å²) in [7, 11) is 0. The van der Waals surface area contributed by atoms with Crippen LogP contribution in [0.2, 0.25) is 0 Å². The third-order valence-corrected chi connectivity index (χ3v) is 8.93. The standard InChI is InChI=1S/C36H31F3O2/c1-21(2)33(40)41-17-16-22-10-13-26-27-14-11-23(19-31(27)34(3,4)30(26)18-22)24-12-15-28-25-8-6-7-9-29(25)35(5,32(28)20-24)36(37,38)39/h6-15,18-20H,1,16-17H2,2-5H3. The van der Waals surface area contributed by atoms with Crippen molar-refractivity contribution in [3.05, 3.63) is 119 Å². The summed E-state index contributed by atoms with van der Waals surface area (Å²) in [4.78, 5) is 11.7. The maximum absolute atomic E-state index is 14.6. The molecule has 0 saturated carbocycles. The molecule has 0 amide bonds. The van der Waals surface area contributed by atoms with Crippen LogP contribution in [0.1, 0.15) is 55.5 Å². The lowest BCUT2D eigenvalue weighted by molar-refractivity contribution is -0.172. The fourth-order valence-corrected chi connectivity index (χ4v) is 6.48. The van der Waals surface area contributed by atoms with Gasteiger partial charge in [-0.3, -0.25) is 0 Å². The highest BCUT2D eigenvalue weighted by Crippen LogP contribution is 2.57. The van der Waals surface area contributed by atoms with Gasteiger partial charge >= 0.3 is 12.1 Å². The Morgan fingerprint density at radius 1 is 0.756 bits per heavy atom. The highest BCUT2D eigenvalue weighted by atomic mass is 19.4. The zero-order chi connectivity index (χ0) is 29.3. The van der Waals surface area contributed by atoms with Crippen molar-refractivity contribution in [2.75, 3.05) is 6.61 Å². The average Bonchev–Trinajstić information content (AvgIpc) is 3.33. The number of fused-ring (bicyclic) bond motifs is 6. The summed E-state index contributed by atoms with van der Waals surface area (Å²) in [6.45, 7) is 11.2. The molecule has 0 N–H and O–H groups in total. The molecule has 0 radical (unpaired) electrons. The van der Waals surface area contributed by atoms with Crippen molar-refractivity contribution in [1.82, 2.24) is 0 Å². The smallest absolute Gasteiger partial charge is 0.402 e. The van der Waals surface area contributed by atoms with Gasteiger partial charge in [0.05, 0.1) is 6.61 Å². The van der Waals surface area contributed by atoms with Crippen LogP contribution in [0.4, 0.5) is 13.2 Å². The predicted molar refractivity (Wildman–Crippen MR) is 157 cm³/mol. The van der Waals surface area contributed by atoms with E-state index in [1.807, 2.05) is 18.2 Å². The van der Waals surface area contributed by atoms with Crippen molar-refractivity contribution < 1.29 is 22.7 Å². The van der Waals surface area contributed by atoms with Crippen molar-refractivity contribution in [1.29, 1.82) is 0 Å². The Morgan fingerprint density at radius 2 is 1.29 bits per heavy atom. The zero-order valence-corrected chi connectivity index (χ0v) is 23.6. The van der Waals surface area contributed by atoms with Gasteiger partial charge in [-0.25, -0.2) is 4.79 Å². The lowest BCUT2D eigenvalue weighted by Crippen LogP contribution is -2.38. The minimum Gasteiger partial charge on any atom is -0.462 e. The molecule has 4 aromatic rings. The molecule has 0 aliphatic heterocycles. The first-order valence-electron chi connectivity index (χ1n) is 13.8. The Morgan fingerprint density at radius 3 is 1.93 bits per heavy atom. The number of carbonyl (C=O) groups excluding carboxylic acids is 1. The molecule has 0 bridgehead atoms. The number of halogens is 3. The maximum Gasteiger partial charge on any atom is 0.402 e. The zero-order valence-electron chi connectivity index (χ0n) is 23.6. The minimum absolute atomic E-state index is 0.279. The lowest BCUT2D eigenvalue weighted by Gasteiger charge is -2.30. The van der Waals surface area contributed by atoms with E-state index in [4.69, 9.17) is 4.74 Å². The molecule has 0 heterocycles. The van der Waals surface area contributed by atoms with Gasteiger partial charge in [0.2, 0.25) is 0 Å². The number of hydrogen-bond acceptors (Lipinski definition) is 2. The number of rotatable bonds is 5. The summed E-state index contributed by atoms with van der Waals surface area (Å²) in [5, 5.41) is 0. The molecule has 1 unspecified atom stereocenters. The summed E-state index contributed by atoms with van der Waals surface area (Å²) in [6.07, 6.45) is -3.84. The molecule has 208 valence electrons. The normalized spacial score (nSPS) is 17.8. The van der Waals surface area contributed by atoms with Gasteiger partial charge in [0, 0.05) is 17.4 Å². The Kier molecular flexibility index (Phi) is 6.07. The molecular formula is C36H31F3O2. The average molecular weight is 553 g/mol. The fourth-order valence-electron chi connectivity index (χ4n) is 6.48. The third-order valence-electron chi connectivity index (χ3n) is 8.93. The van der Waals surface area contributed by atoms with Gasteiger partial charge in [0.1, 0.15) is 5.41 Å². The van der Waals surface area contributed by atoms with Crippen LogP contribution in [0.5, 0.6) is 0 Å². The van der Waals surface area contributed by atoms with Crippen LogP contribution in [0.3, 0.4) is 0 Å². The van der Waals surface area contributed by atoms with E-state index in [0.29, 0.717) is 34.2 Å². The van der Waals surface area contributed by atoms with Crippen molar-refractivity contribution in [2.45, 2.75) is 51.1 Å². The summed E-state index contributed by atoms with van der Waals surface area (Å²) < 4.78 is 49.2. The number of benzene rings is 4. The van der Waals surface area contributed by atoms with Crippen LogP contribution in [-0.4, -0.2) is 18.8 Å². The first-order valence-corrected chi connectivity index (χ1v) is 13.8.